The molecule has 3 rings (SSSR count). The van der Waals surface area contributed by atoms with E-state index in [0.717, 1.165) is 24.1 Å². The molecule has 0 aliphatic heterocycles. The fraction of sp³-hybridized carbons (Fsp3) is 0.394. The second-order valence-electron chi connectivity index (χ2n) is 10.8. The molecule has 0 saturated carbocycles. The molecular weight excluding hydrogens is 658 g/mol. The second kappa shape index (κ2) is 15.8. The van der Waals surface area contributed by atoms with Gasteiger partial charge in [0.25, 0.3) is 5.92 Å². The van der Waals surface area contributed by atoms with Crippen LogP contribution in [-0.4, -0.2) is 35.0 Å². The first kappa shape index (κ1) is 37.5. The topological polar surface area (TPSA) is 68.7 Å². The number of nitrogens with zero attached hydrogens (tertiary/aromatic N) is 1. The fourth-order valence-corrected chi connectivity index (χ4v) is 5.35. The van der Waals surface area contributed by atoms with Gasteiger partial charge in [-0.2, -0.15) is 26.3 Å². The molecule has 14 heteroatoms. The van der Waals surface area contributed by atoms with Gasteiger partial charge in [-0.3, -0.25) is 4.79 Å². The zero-order valence-corrected chi connectivity index (χ0v) is 26.5. The van der Waals surface area contributed by atoms with Crippen molar-refractivity contribution < 1.29 is 54.5 Å². The van der Waals surface area contributed by atoms with E-state index in [9.17, 15) is 39.9 Å². The molecule has 0 saturated heterocycles. The Balaban J connectivity index is 1.76. The van der Waals surface area contributed by atoms with E-state index in [-0.39, 0.29) is 43.5 Å². The van der Waals surface area contributed by atoms with Crippen LogP contribution in [-0.2, 0) is 34.9 Å². The molecule has 0 bridgehead atoms. The van der Waals surface area contributed by atoms with Crippen molar-refractivity contribution in [2.45, 2.75) is 77.8 Å². The molecule has 5 nitrogen and oxygen atoms in total. The number of carboxylic acids is 1. The number of carbonyl (C=O) groups is 1. The van der Waals surface area contributed by atoms with E-state index in [0.29, 0.717) is 33.3 Å². The maximum absolute atomic E-state index is 13.7. The van der Waals surface area contributed by atoms with Crippen LogP contribution in [0, 0.1) is 6.92 Å². The normalized spacial score (nSPS) is 13.2. The van der Waals surface area contributed by atoms with Crippen LogP contribution in [0.15, 0.2) is 65.9 Å². The minimum atomic E-state index is -4.93. The minimum Gasteiger partial charge on any atom is -0.498 e. The third-order valence-corrected chi connectivity index (χ3v) is 8.05. The molecule has 0 radical (unpaired) electrons. The first-order valence-corrected chi connectivity index (χ1v) is 15.2. The monoisotopic (exact) mass is 691 g/mol. The number of halogens is 8. The van der Waals surface area contributed by atoms with Gasteiger partial charge in [0.1, 0.15) is 17.4 Å². The fourth-order valence-electron chi connectivity index (χ4n) is 4.32. The van der Waals surface area contributed by atoms with Crippen molar-refractivity contribution in [2.75, 3.05) is 6.61 Å². The van der Waals surface area contributed by atoms with E-state index in [2.05, 4.69) is 4.98 Å². The molecule has 256 valence electrons. The van der Waals surface area contributed by atoms with E-state index < -0.39 is 42.7 Å². The van der Waals surface area contributed by atoms with Crippen LogP contribution in [0.2, 0.25) is 0 Å². The highest BCUT2D eigenvalue weighted by Gasteiger charge is 2.35. The van der Waals surface area contributed by atoms with E-state index in [1.165, 1.54) is 42.5 Å². The Kier molecular flexibility index (Phi) is 12.6. The summed E-state index contributed by atoms with van der Waals surface area (Å²) in [6, 6.07) is 10.9. The van der Waals surface area contributed by atoms with Gasteiger partial charge in [0.15, 0.2) is 0 Å². The molecule has 0 fully saturated rings. The average Bonchev–Trinajstić information content (AvgIpc) is 3.36. The summed E-state index contributed by atoms with van der Waals surface area (Å²) in [7, 11) is 0. The summed E-state index contributed by atoms with van der Waals surface area (Å²) in [5, 5.41) is 9.47. The lowest BCUT2D eigenvalue weighted by Gasteiger charge is -2.12. The number of hydrogen-bond donors (Lipinski definition) is 1. The number of allylic oxidation sites excluding steroid dienone is 4. The van der Waals surface area contributed by atoms with Crippen LogP contribution >= 0.6 is 11.3 Å². The molecule has 1 N–H and O–H groups in total. The first-order chi connectivity index (χ1) is 21.8. The van der Waals surface area contributed by atoms with Crippen LogP contribution < -0.4 is 4.74 Å². The van der Waals surface area contributed by atoms with Gasteiger partial charge in [0.2, 0.25) is 0 Å². The molecule has 47 heavy (non-hydrogen) atoms. The van der Waals surface area contributed by atoms with Gasteiger partial charge in [-0.15, -0.1) is 11.3 Å². The Morgan fingerprint density at radius 2 is 1.66 bits per heavy atom. The number of aliphatic carboxylic acids is 1. The number of aryl methyl sites for hydroxylation is 2. The number of benzene rings is 2. The molecule has 0 aliphatic rings. The SMILES string of the molecule is C/C(=C\C/C(=C\CC(F)(F)F)C(F)(F)F)OCCc1nc(-c2ccc(C(C)(F)F)cc2)sc1COc1ccc(CCC(=O)O)c(C)c1. The lowest BCUT2D eigenvalue weighted by molar-refractivity contribution is -0.137. The highest BCUT2D eigenvalue weighted by Crippen LogP contribution is 2.34. The molecule has 0 atom stereocenters. The van der Waals surface area contributed by atoms with Crippen LogP contribution in [0.5, 0.6) is 5.75 Å². The lowest BCUT2D eigenvalue weighted by Crippen LogP contribution is -2.14. The maximum Gasteiger partial charge on any atom is 0.412 e. The summed E-state index contributed by atoms with van der Waals surface area (Å²) in [6.45, 7) is 4.06. The van der Waals surface area contributed by atoms with Gasteiger partial charge in [0.05, 0.1) is 29.4 Å². The molecular formula is C33H33F8NO4S. The largest absolute Gasteiger partial charge is 0.498 e. The standard InChI is InChI=1S/C33H33F8NO4S/c1-20-18-26(12-7-22(20)8-13-29(43)44)46-19-28-27(42-30(47-28)23-5-10-24(11-6-23)31(3,34)35)15-17-45-21(2)4-9-25(33(39,40)41)14-16-32(36,37)38/h4-7,10-12,14,18H,8-9,13,15-17,19H2,1-3H3,(H,43,44)/b21-4+,25-14+. The Hall–Kier alpha value is -3.94. The molecule has 0 aliphatic carbocycles. The predicted molar refractivity (Wildman–Crippen MR) is 161 cm³/mol. The van der Waals surface area contributed by atoms with E-state index in [1.807, 2.05) is 6.92 Å². The Labute approximate surface area is 270 Å². The number of ether oxygens (including phenoxy) is 2. The molecule has 3 aromatic rings. The zero-order chi connectivity index (χ0) is 35.0. The summed E-state index contributed by atoms with van der Waals surface area (Å²) < 4.78 is 116. The highest BCUT2D eigenvalue weighted by molar-refractivity contribution is 7.15. The summed E-state index contributed by atoms with van der Waals surface area (Å²) in [5.74, 6) is -3.33. The van der Waals surface area contributed by atoms with E-state index in [4.69, 9.17) is 14.6 Å². The molecule has 1 aromatic heterocycles. The maximum atomic E-state index is 13.7. The Morgan fingerprint density at radius 3 is 2.23 bits per heavy atom. The van der Waals surface area contributed by atoms with E-state index >= 15 is 0 Å². The number of rotatable bonds is 15. The van der Waals surface area contributed by atoms with Crippen molar-refractivity contribution in [1.82, 2.24) is 4.98 Å². The van der Waals surface area contributed by atoms with Crippen LogP contribution in [0.4, 0.5) is 35.1 Å². The lowest BCUT2D eigenvalue weighted by atomic mass is 10.0. The van der Waals surface area contributed by atoms with Crippen molar-refractivity contribution >= 4 is 17.3 Å². The minimum absolute atomic E-state index is 0.0140. The van der Waals surface area contributed by atoms with Gasteiger partial charge in [0, 0.05) is 36.5 Å². The summed E-state index contributed by atoms with van der Waals surface area (Å²) in [4.78, 5) is 16.2. The summed E-state index contributed by atoms with van der Waals surface area (Å²) in [6.07, 6.45) is -10.5. The van der Waals surface area contributed by atoms with Crippen molar-refractivity contribution in [3.8, 4) is 16.3 Å². The Bertz CT molecular complexity index is 1570. The zero-order valence-electron chi connectivity index (χ0n) is 25.7. The number of thiazole rings is 1. The molecule has 1 heterocycles. The van der Waals surface area contributed by atoms with E-state index in [1.54, 1.807) is 18.2 Å². The van der Waals surface area contributed by atoms with Crippen LogP contribution in [0.25, 0.3) is 10.6 Å². The predicted octanol–water partition coefficient (Wildman–Crippen LogP) is 10.1. The first-order valence-electron chi connectivity index (χ1n) is 14.4. The number of alkyl halides is 8. The van der Waals surface area contributed by atoms with Gasteiger partial charge >= 0.3 is 18.3 Å². The molecule has 0 unspecified atom stereocenters. The third-order valence-electron chi connectivity index (χ3n) is 6.93. The quantitative estimate of drug-likeness (QED) is 0.0976. The number of carboxylic acid groups (broad SMARTS) is 1. The number of hydrogen-bond acceptors (Lipinski definition) is 5. The van der Waals surface area contributed by atoms with Gasteiger partial charge in [-0.1, -0.05) is 36.4 Å². The van der Waals surface area contributed by atoms with Gasteiger partial charge < -0.3 is 14.6 Å². The molecule has 0 spiro atoms. The highest BCUT2D eigenvalue weighted by atomic mass is 32.1. The summed E-state index contributed by atoms with van der Waals surface area (Å²) >= 11 is 1.26. The van der Waals surface area contributed by atoms with Crippen molar-refractivity contribution in [3.05, 3.63) is 93.2 Å². The molecule has 0 amide bonds. The summed E-state index contributed by atoms with van der Waals surface area (Å²) in [5.41, 5.74) is 1.33. The van der Waals surface area contributed by atoms with Crippen molar-refractivity contribution in [3.63, 3.8) is 0 Å². The molecule has 2 aromatic carbocycles. The van der Waals surface area contributed by atoms with Crippen molar-refractivity contribution in [2.24, 2.45) is 0 Å². The second-order valence-corrected chi connectivity index (χ2v) is 11.9. The van der Waals surface area contributed by atoms with Crippen molar-refractivity contribution in [1.29, 1.82) is 0 Å². The Morgan fingerprint density at radius 1 is 0.979 bits per heavy atom. The van der Waals surface area contributed by atoms with Gasteiger partial charge in [-0.25, -0.2) is 13.8 Å². The average molecular weight is 692 g/mol. The van der Waals surface area contributed by atoms with Gasteiger partial charge in [-0.05, 0) is 56.0 Å². The van der Waals surface area contributed by atoms with Crippen LogP contribution in [0.3, 0.4) is 0 Å². The smallest absolute Gasteiger partial charge is 0.412 e. The third kappa shape index (κ3) is 12.3. The van der Waals surface area contributed by atoms with Crippen LogP contribution in [0.1, 0.15) is 60.4 Å². The number of aromatic nitrogens is 1.